The van der Waals surface area contributed by atoms with Crippen LogP contribution in [0.25, 0.3) is 0 Å². The number of phosphoric acid groups is 1. The first-order valence-corrected chi connectivity index (χ1v) is 29.5. The van der Waals surface area contributed by atoms with Crippen molar-refractivity contribution in [2.75, 3.05) is 54.1 Å². The molecule has 9 heteroatoms. The largest absolute Gasteiger partial charge is 0.756 e. The minimum atomic E-state index is -4.54. The van der Waals surface area contributed by atoms with Crippen LogP contribution in [0.1, 0.15) is 245 Å². The first-order chi connectivity index (χ1) is 32.6. The highest BCUT2D eigenvalue weighted by atomic mass is 31.2. The van der Waals surface area contributed by atoms with Gasteiger partial charge in [0.25, 0.3) is 7.82 Å². The first kappa shape index (κ1) is 65.2. The van der Waals surface area contributed by atoms with E-state index in [4.69, 9.17) is 18.5 Å². The van der Waals surface area contributed by atoms with Crippen LogP contribution >= 0.6 is 7.82 Å². The van der Waals surface area contributed by atoms with Crippen molar-refractivity contribution in [3.8, 4) is 0 Å². The normalized spacial score (nSPS) is 13.9. The highest BCUT2D eigenvalue weighted by Crippen LogP contribution is 2.38. The third-order valence-electron chi connectivity index (χ3n) is 12.1. The Kier molecular flexibility index (Phi) is 49.2. The lowest BCUT2D eigenvalue weighted by atomic mass is 10.0. The molecule has 67 heavy (non-hydrogen) atoms. The van der Waals surface area contributed by atoms with Gasteiger partial charge in [-0.05, 0) is 57.8 Å². The monoisotopic (exact) mass is 962 g/mol. The first-order valence-electron chi connectivity index (χ1n) is 28.0. The maximum atomic E-state index is 12.8. The number of quaternary nitrogens is 1. The Morgan fingerprint density at radius 1 is 0.478 bits per heavy atom. The lowest BCUT2D eigenvalue weighted by Gasteiger charge is -2.28. The van der Waals surface area contributed by atoms with Crippen molar-refractivity contribution in [3.05, 3.63) is 60.8 Å². The number of ether oxygens (including phenoxy) is 2. The second-order valence-electron chi connectivity index (χ2n) is 19.9. The van der Waals surface area contributed by atoms with Crippen LogP contribution in [0.15, 0.2) is 60.8 Å². The Bertz CT molecular complexity index is 1260. The molecule has 0 N–H and O–H groups in total. The van der Waals surface area contributed by atoms with Gasteiger partial charge in [-0.3, -0.25) is 9.36 Å². The molecule has 0 radical (unpaired) electrons. The Hall–Kier alpha value is -1.80. The second-order valence-corrected chi connectivity index (χ2v) is 21.3. The number of unbranched alkanes of at least 4 members (excludes halogenated alkanes) is 28. The molecule has 0 amide bonds. The number of phosphoric ester groups is 1. The van der Waals surface area contributed by atoms with E-state index in [0.717, 1.165) is 83.5 Å². The van der Waals surface area contributed by atoms with Gasteiger partial charge in [-0.1, -0.05) is 242 Å². The SMILES string of the molecule is CC/C=C\C/C=C\C/C=C\C/C=C\C/C=C\CCCCCCOCC(COP(=O)([O-])OCC[N+](C)(C)C)OC(=O)CCCCCCCCCCCCCCCCCCCCCCCCCCC. The van der Waals surface area contributed by atoms with E-state index in [1.54, 1.807) is 0 Å². The van der Waals surface area contributed by atoms with Crippen molar-refractivity contribution >= 4 is 13.8 Å². The minimum absolute atomic E-state index is 0.0197. The third-order valence-corrected chi connectivity index (χ3v) is 13.0. The predicted molar refractivity (Wildman–Crippen MR) is 286 cm³/mol. The van der Waals surface area contributed by atoms with Gasteiger partial charge in [0.2, 0.25) is 0 Å². The Morgan fingerprint density at radius 3 is 1.30 bits per heavy atom. The third kappa shape index (κ3) is 55.0. The summed E-state index contributed by atoms with van der Waals surface area (Å²) in [4.78, 5) is 25.2. The summed E-state index contributed by atoms with van der Waals surface area (Å²) in [6.07, 6.45) is 65.5. The van der Waals surface area contributed by atoms with Crippen molar-refractivity contribution in [1.29, 1.82) is 0 Å². The molecule has 0 bridgehead atoms. The van der Waals surface area contributed by atoms with Crippen LogP contribution in [0.4, 0.5) is 0 Å². The number of esters is 1. The molecular weight excluding hydrogens is 854 g/mol. The van der Waals surface area contributed by atoms with Crippen LogP contribution in [-0.2, 0) is 27.9 Å². The molecule has 0 aliphatic rings. The highest BCUT2D eigenvalue weighted by Gasteiger charge is 2.20. The Labute approximate surface area is 415 Å². The van der Waals surface area contributed by atoms with E-state index < -0.39 is 13.9 Å². The molecule has 2 atom stereocenters. The van der Waals surface area contributed by atoms with Gasteiger partial charge in [0.1, 0.15) is 19.3 Å². The van der Waals surface area contributed by atoms with Gasteiger partial charge in [-0.25, -0.2) is 0 Å². The lowest BCUT2D eigenvalue weighted by Crippen LogP contribution is -2.37. The topological polar surface area (TPSA) is 94.1 Å². The summed E-state index contributed by atoms with van der Waals surface area (Å²) >= 11 is 0. The van der Waals surface area contributed by atoms with E-state index in [9.17, 15) is 14.3 Å². The summed E-state index contributed by atoms with van der Waals surface area (Å²) in [5.74, 6) is -0.340. The fourth-order valence-corrected chi connectivity index (χ4v) is 8.54. The molecule has 392 valence electrons. The van der Waals surface area contributed by atoms with Crippen LogP contribution in [0, 0.1) is 0 Å². The maximum Gasteiger partial charge on any atom is 0.306 e. The van der Waals surface area contributed by atoms with Crippen molar-refractivity contribution in [2.24, 2.45) is 0 Å². The van der Waals surface area contributed by atoms with Gasteiger partial charge < -0.3 is 27.9 Å². The number of hydrogen-bond donors (Lipinski definition) is 0. The van der Waals surface area contributed by atoms with Crippen LogP contribution in [0.2, 0.25) is 0 Å². The van der Waals surface area contributed by atoms with Gasteiger partial charge in [-0.2, -0.15) is 0 Å². The molecule has 2 unspecified atom stereocenters. The van der Waals surface area contributed by atoms with E-state index in [1.165, 1.54) is 141 Å². The average molecular weight is 962 g/mol. The van der Waals surface area contributed by atoms with E-state index >= 15 is 0 Å². The Balaban J connectivity index is 4.10. The minimum Gasteiger partial charge on any atom is -0.756 e. The molecule has 0 fully saturated rings. The molecule has 0 saturated heterocycles. The van der Waals surface area contributed by atoms with E-state index in [0.29, 0.717) is 24.1 Å². The average Bonchev–Trinajstić information content (AvgIpc) is 3.29. The molecule has 0 aliphatic carbocycles. The van der Waals surface area contributed by atoms with E-state index in [-0.39, 0.29) is 25.8 Å². The molecule has 0 aromatic rings. The fraction of sp³-hybridized carbons (Fsp3) is 0.810. The number of allylic oxidation sites excluding steroid dienone is 10. The summed E-state index contributed by atoms with van der Waals surface area (Å²) in [7, 11) is 1.34. The van der Waals surface area contributed by atoms with Crippen LogP contribution in [-0.4, -0.2) is 70.7 Å². The molecule has 0 rings (SSSR count). The van der Waals surface area contributed by atoms with Gasteiger partial charge >= 0.3 is 5.97 Å². The standard InChI is InChI=1S/C58H108NO7P/c1-6-8-10-12-14-16-18-20-22-24-26-28-29-30-31-32-33-35-37-39-41-43-45-47-49-51-58(60)66-57(56-65-67(61,62)64-54-52-59(3,4)5)55-63-53-50-48-46-44-42-40-38-36-34-27-25-23-21-19-17-15-13-11-9-7-2/h9,11,15,17,21,23,27,34,38,40,57H,6-8,10,12-14,16,18-20,22,24-26,28-33,35-37,39,41-56H2,1-5H3/b11-9-,17-15-,23-21-,34-27-,40-38-. The number of rotatable bonds is 52. The summed E-state index contributed by atoms with van der Waals surface area (Å²) in [5.41, 5.74) is 0. The smallest absolute Gasteiger partial charge is 0.306 e. The van der Waals surface area contributed by atoms with E-state index in [1.807, 2.05) is 21.1 Å². The van der Waals surface area contributed by atoms with Gasteiger partial charge in [-0.15, -0.1) is 0 Å². The molecule has 0 heterocycles. The summed E-state index contributed by atoms with van der Waals surface area (Å²) < 4.78 is 34.8. The zero-order valence-corrected chi connectivity index (χ0v) is 45.5. The second kappa shape index (κ2) is 50.6. The molecule has 0 aliphatic heterocycles. The molecule has 0 spiro atoms. The van der Waals surface area contributed by atoms with Crippen LogP contribution in [0.3, 0.4) is 0 Å². The number of nitrogens with zero attached hydrogens (tertiary/aromatic N) is 1. The fourth-order valence-electron chi connectivity index (χ4n) is 7.81. The van der Waals surface area contributed by atoms with Gasteiger partial charge in [0.05, 0.1) is 34.4 Å². The molecule has 0 aromatic heterocycles. The number of carbonyl (C=O) groups is 1. The zero-order chi connectivity index (χ0) is 49.0. The summed E-state index contributed by atoms with van der Waals surface area (Å²) in [5, 5.41) is 0. The van der Waals surface area contributed by atoms with Gasteiger partial charge in [0, 0.05) is 13.0 Å². The quantitative estimate of drug-likeness (QED) is 0.0197. The summed E-state index contributed by atoms with van der Waals surface area (Å²) in [6, 6.07) is 0. The Morgan fingerprint density at radius 2 is 0.866 bits per heavy atom. The molecule has 0 aromatic carbocycles. The van der Waals surface area contributed by atoms with Crippen molar-refractivity contribution in [3.63, 3.8) is 0 Å². The van der Waals surface area contributed by atoms with Gasteiger partial charge in [0.15, 0.2) is 0 Å². The molecule has 8 nitrogen and oxygen atoms in total. The number of likely N-dealkylation sites (N-methyl/N-ethyl adjacent to an activating group) is 1. The number of carbonyl (C=O) groups excluding carboxylic acids is 1. The van der Waals surface area contributed by atoms with Crippen molar-refractivity contribution in [2.45, 2.75) is 251 Å². The van der Waals surface area contributed by atoms with Crippen LogP contribution < -0.4 is 4.89 Å². The van der Waals surface area contributed by atoms with Crippen LogP contribution in [0.5, 0.6) is 0 Å². The molecular formula is C58H108NO7P. The highest BCUT2D eigenvalue weighted by molar-refractivity contribution is 7.45. The van der Waals surface area contributed by atoms with Crippen molar-refractivity contribution < 1.29 is 37.3 Å². The maximum absolute atomic E-state index is 12.8. The summed E-state index contributed by atoms with van der Waals surface area (Å²) in [6.45, 7) is 5.27. The predicted octanol–water partition coefficient (Wildman–Crippen LogP) is 17.0. The van der Waals surface area contributed by atoms with Crippen molar-refractivity contribution in [1.82, 2.24) is 0 Å². The van der Waals surface area contributed by atoms with E-state index in [2.05, 4.69) is 74.6 Å². The molecule has 0 saturated carbocycles. The number of hydrogen-bond acceptors (Lipinski definition) is 7. The lowest BCUT2D eigenvalue weighted by molar-refractivity contribution is -0.870. The zero-order valence-electron chi connectivity index (χ0n) is 44.6.